The van der Waals surface area contributed by atoms with E-state index in [1.54, 1.807) is 6.92 Å². The lowest BCUT2D eigenvalue weighted by Gasteiger charge is -2.18. The van der Waals surface area contributed by atoms with Crippen LogP contribution in [0.15, 0.2) is 12.4 Å². The van der Waals surface area contributed by atoms with Gasteiger partial charge in [0.25, 0.3) is 5.91 Å². The van der Waals surface area contributed by atoms with Gasteiger partial charge in [-0.25, -0.2) is 4.79 Å². The third kappa shape index (κ3) is 1.12. The molecule has 71 valence electrons. The van der Waals surface area contributed by atoms with Crippen LogP contribution < -0.4 is 10.6 Å². The minimum atomic E-state index is -1.13. The van der Waals surface area contributed by atoms with Gasteiger partial charge >= 0.3 is 6.03 Å². The molecule has 1 radical (unpaired) electrons. The van der Waals surface area contributed by atoms with Crippen LogP contribution in [-0.4, -0.2) is 21.9 Å². The number of rotatable bonds is 1. The Morgan fingerprint density at radius 1 is 1.50 bits per heavy atom. The van der Waals surface area contributed by atoms with Crippen molar-refractivity contribution in [3.63, 3.8) is 0 Å². The van der Waals surface area contributed by atoms with Crippen LogP contribution in [-0.2, 0) is 10.3 Å². The Balaban J connectivity index is 2.43. The van der Waals surface area contributed by atoms with Crippen molar-refractivity contribution in [2.24, 2.45) is 0 Å². The molecule has 0 aromatic carbocycles. The molecule has 14 heavy (non-hydrogen) atoms. The number of carbonyl (C=O) groups is 2. The molecule has 1 unspecified atom stereocenters. The average Bonchev–Trinajstić information content (AvgIpc) is 2.43. The number of urea groups is 1. The summed E-state index contributed by atoms with van der Waals surface area (Å²) in [5.41, 5.74) is -0.737. The van der Waals surface area contributed by atoms with Gasteiger partial charge in [0.15, 0.2) is 5.54 Å². The van der Waals surface area contributed by atoms with Crippen molar-refractivity contribution in [3.8, 4) is 0 Å². The molecule has 0 bridgehead atoms. The second-order valence-electron chi connectivity index (χ2n) is 3.06. The van der Waals surface area contributed by atoms with E-state index >= 15 is 0 Å². The number of amides is 3. The highest BCUT2D eigenvalue weighted by atomic mass is 16.2. The molecule has 1 aliphatic heterocycles. The molecular weight excluding hydrogens is 184 g/mol. The van der Waals surface area contributed by atoms with Crippen LogP contribution in [0.5, 0.6) is 0 Å². The summed E-state index contributed by atoms with van der Waals surface area (Å²) in [4.78, 5) is 30.0. The maximum Gasteiger partial charge on any atom is 0.322 e. The van der Waals surface area contributed by atoms with Crippen LogP contribution in [0.3, 0.4) is 0 Å². The fourth-order valence-electron chi connectivity index (χ4n) is 1.25. The molecule has 2 heterocycles. The lowest BCUT2D eigenvalue weighted by atomic mass is 9.99. The Morgan fingerprint density at radius 3 is 2.79 bits per heavy atom. The minimum absolute atomic E-state index is 0.389. The van der Waals surface area contributed by atoms with Gasteiger partial charge in [-0.3, -0.25) is 20.1 Å². The van der Waals surface area contributed by atoms with Crippen LogP contribution in [0.4, 0.5) is 4.79 Å². The number of aromatic nitrogens is 2. The summed E-state index contributed by atoms with van der Waals surface area (Å²) in [5.74, 6) is -0.428. The first-order chi connectivity index (χ1) is 6.63. The minimum Gasteiger partial charge on any atom is -0.318 e. The van der Waals surface area contributed by atoms with Gasteiger partial charge in [-0.05, 0) is 6.92 Å². The Labute approximate surface area is 79.7 Å². The summed E-state index contributed by atoms with van der Waals surface area (Å²) in [5, 5.41) is 4.62. The van der Waals surface area contributed by atoms with E-state index in [0.717, 1.165) is 0 Å². The third-order valence-electron chi connectivity index (χ3n) is 2.08. The normalized spacial score (nSPS) is 25.8. The molecule has 6 nitrogen and oxygen atoms in total. The molecule has 1 fully saturated rings. The summed E-state index contributed by atoms with van der Waals surface area (Å²) in [7, 11) is 0. The molecule has 0 spiro atoms. The van der Waals surface area contributed by atoms with E-state index in [9.17, 15) is 9.59 Å². The van der Waals surface area contributed by atoms with Crippen LogP contribution >= 0.6 is 0 Å². The topological polar surface area (TPSA) is 84.0 Å². The highest BCUT2D eigenvalue weighted by Crippen LogP contribution is 2.20. The molecule has 0 saturated carbocycles. The highest BCUT2D eigenvalue weighted by molar-refractivity contribution is 6.06. The quantitative estimate of drug-likeness (QED) is 0.577. The molecule has 2 rings (SSSR count). The standard InChI is InChI=1S/C8H7N4O2/c1-8(5-4-9-2-3-10-5)6(13)11-7(14)12-8/h3-4H,1H3,(H2,11,12,13,14). The van der Waals surface area contributed by atoms with E-state index in [-0.39, 0.29) is 0 Å². The molecular formula is C8H7N4O2. The van der Waals surface area contributed by atoms with E-state index in [4.69, 9.17) is 0 Å². The zero-order valence-electron chi connectivity index (χ0n) is 7.37. The Hall–Kier alpha value is -1.98. The molecule has 1 atom stereocenters. The average molecular weight is 191 g/mol. The summed E-state index contributed by atoms with van der Waals surface area (Å²) >= 11 is 0. The van der Waals surface area contributed by atoms with Gasteiger partial charge in [-0.2, -0.15) is 0 Å². The van der Waals surface area contributed by atoms with Crippen molar-refractivity contribution in [2.45, 2.75) is 12.5 Å². The highest BCUT2D eigenvalue weighted by Gasteiger charge is 2.44. The maximum absolute atomic E-state index is 11.4. The van der Waals surface area contributed by atoms with Gasteiger partial charge in [-0.15, -0.1) is 0 Å². The fraction of sp³-hybridized carbons (Fsp3) is 0.250. The molecule has 1 saturated heterocycles. The molecule has 3 amide bonds. The van der Waals surface area contributed by atoms with Crippen LogP contribution in [0.25, 0.3) is 0 Å². The second-order valence-corrected chi connectivity index (χ2v) is 3.06. The van der Waals surface area contributed by atoms with Gasteiger partial charge in [0.05, 0.1) is 18.1 Å². The van der Waals surface area contributed by atoms with E-state index in [1.807, 2.05) is 0 Å². The maximum atomic E-state index is 11.4. The summed E-state index contributed by atoms with van der Waals surface area (Å²) < 4.78 is 0. The van der Waals surface area contributed by atoms with E-state index < -0.39 is 17.5 Å². The van der Waals surface area contributed by atoms with E-state index in [1.165, 1.54) is 12.4 Å². The van der Waals surface area contributed by atoms with E-state index in [2.05, 4.69) is 26.8 Å². The summed E-state index contributed by atoms with van der Waals surface area (Å²) in [6, 6.07) is -0.521. The van der Waals surface area contributed by atoms with Gasteiger partial charge in [0.1, 0.15) is 6.20 Å². The van der Waals surface area contributed by atoms with Crippen LogP contribution in [0, 0.1) is 6.20 Å². The number of nitrogens with zero attached hydrogens (tertiary/aromatic N) is 2. The number of carbonyl (C=O) groups excluding carboxylic acids is 2. The second kappa shape index (κ2) is 2.76. The summed E-state index contributed by atoms with van der Waals surface area (Å²) in [6.45, 7) is 1.57. The molecule has 1 aliphatic rings. The lowest BCUT2D eigenvalue weighted by molar-refractivity contribution is -0.123. The first-order valence-corrected chi connectivity index (χ1v) is 3.95. The molecule has 6 heteroatoms. The molecule has 1 aromatic heterocycles. The zero-order valence-corrected chi connectivity index (χ0v) is 7.37. The number of hydrogen-bond acceptors (Lipinski definition) is 4. The lowest BCUT2D eigenvalue weighted by Crippen LogP contribution is -2.41. The van der Waals surface area contributed by atoms with Gasteiger partial charge < -0.3 is 5.32 Å². The predicted molar refractivity (Wildman–Crippen MR) is 44.9 cm³/mol. The Bertz CT molecular complexity index is 392. The number of nitrogens with one attached hydrogen (secondary N) is 2. The fourth-order valence-corrected chi connectivity index (χ4v) is 1.25. The third-order valence-corrected chi connectivity index (χ3v) is 2.08. The van der Waals surface area contributed by atoms with Crippen molar-refractivity contribution in [2.75, 3.05) is 0 Å². The molecule has 2 N–H and O–H groups in total. The zero-order chi connectivity index (χ0) is 10.2. The first kappa shape index (κ1) is 8.61. The molecule has 1 aromatic rings. The predicted octanol–water partition coefficient (Wildman–Crippen LogP) is -0.669. The van der Waals surface area contributed by atoms with Crippen molar-refractivity contribution in [1.82, 2.24) is 20.6 Å². The van der Waals surface area contributed by atoms with Crippen molar-refractivity contribution >= 4 is 11.9 Å². The van der Waals surface area contributed by atoms with Gasteiger partial charge in [-0.1, -0.05) is 0 Å². The summed E-state index contributed by atoms with van der Waals surface area (Å²) in [6.07, 6.45) is 5.23. The first-order valence-electron chi connectivity index (χ1n) is 3.95. The van der Waals surface area contributed by atoms with Crippen molar-refractivity contribution in [1.29, 1.82) is 0 Å². The SMILES string of the molecule is CC1(c2cn[c]cn2)NC(=O)NC1=O. The largest absolute Gasteiger partial charge is 0.322 e. The van der Waals surface area contributed by atoms with Crippen molar-refractivity contribution in [3.05, 3.63) is 24.3 Å². The van der Waals surface area contributed by atoms with Gasteiger partial charge in [0, 0.05) is 0 Å². The van der Waals surface area contributed by atoms with Crippen LogP contribution in [0.1, 0.15) is 12.6 Å². The Kier molecular flexibility index (Phi) is 1.70. The number of hydrogen-bond donors (Lipinski definition) is 2. The van der Waals surface area contributed by atoms with Gasteiger partial charge in [0.2, 0.25) is 0 Å². The van der Waals surface area contributed by atoms with Crippen LogP contribution in [0.2, 0.25) is 0 Å². The monoisotopic (exact) mass is 191 g/mol. The molecule has 0 aliphatic carbocycles. The smallest absolute Gasteiger partial charge is 0.318 e. The number of imide groups is 1. The van der Waals surface area contributed by atoms with Crippen molar-refractivity contribution < 1.29 is 9.59 Å². The Morgan fingerprint density at radius 2 is 2.29 bits per heavy atom. The van der Waals surface area contributed by atoms with E-state index in [0.29, 0.717) is 5.69 Å².